The molecule has 2 aromatic rings. The largest absolute Gasteiger partial charge is 0.342 e. The van der Waals surface area contributed by atoms with Crippen molar-refractivity contribution in [1.82, 2.24) is 9.97 Å². The minimum absolute atomic E-state index is 0.103. The Kier molecular flexibility index (Phi) is 3.46. The fourth-order valence-electron chi connectivity index (χ4n) is 1.39. The van der Waals surface area contributed by atoms with Crippen LogP contribution in [0.25, 0.3) is 11.3 Å². The molecule has 0 aliphatic carbocycles. The Labute approximate surface area is 102 Å². The fourth-order valence-corrected chi connectivity index (χ4v) is 1.75. The van der Waals surface area contributed by atoms with E-state index in [1.165, 1.54) is 6.07 Å². The second-order valence-electron chi connectivity index (χ2n) is 3.31. The molecule has 0 unspecified atom stereocenters. The summed E-state index contributed by atoms with van der Waals surface area (Å²) in [6.07, 6.45) is 2.36. The van der Waals surface area contributed by atoms with Gasteiger partial charge in [-0.2, -0.15) is 0 Å². The van der Waals surface area contributed by atoms with Gasteiger partial charge in [0.25, 0.3) is 0 Å². The molecule has 0 amide bonds. The average Bonchev–Trinajstić information content (AvgIpc) is 2.71. The monoisotopic (exact) mass is 258 g/mol. The zero-order valence-electron chi connectivity index (χ0n) is 8.30. The van der Waals surface area contributed by atoms with Crippen LogP contribution in [0, 0.1) is 5.82 Å². The number of aromatic amines is 1. The first kappa shape index (κ1) is 11.4. The molecular formula is C11H9Cl2FN2. The number of benzene rings is 1. The number of rotatable bonds is 3. The first-order valence-electron chi connectivity index (χ1n) is 4.76. The standard InChI is InChI=1S/C11H9Cl2FN2/c12-4-3-11-15-6-10(16-11)7-1-2-9(14)8(13)5-7/h1-2,5-6H,3-4H2,(H,15,16). The van der Waals surface area contributed by atoms with Gasteiger partial charge in [0, 0.05) is 17.9 Å². The van der Waals surface area contributed by atoms with Gasteiger partial charge in [0.15, 0.2) is 0 Å². The molecule has 0 radical (unpaired) electrons. The maximum atomic E-state index is 13.0. The molecule has 0 aliphatic rings. The van der Waals surface area contributed by atoms with Crippen molar-refractivity contribution in [2.75, 3.05) is 5.88 Å². The van der Waals surface area contributed by atoms with E-state index < -0.39 is 5.82 Å². The van der Waals surface area contributed by atoms with E-state index in [-0.39, 0.29) is 5.02 Å². The van der Waals surface area contributed by atoms with E-state index in [9.17, 15) is 4.39 Å². The van der Waals surface area contributed by atoms with Crippen molar-refractivity contribution in [3.05, 3.63) is 41.1 Å². The summed E-state index contributed by atoms with van der Waals surface area (Å²) < 4.78 is 13.0. The van der Waals surface area contributed by atoms with E-state index in [1.807, 2.05) is 0 Å². The molecule has 1 heterocycles. The molecule has 0 bridgehead atoms. The molecule has 2 nitrogen and oxygen atoms in total. The molecule has 0 saturated carbocycles. The smallest absolute Gasteiger partial charge is 0.141 e. The van der Waals surface area contributed by atoms with Gasteiger partial charge in [-0.1, -0.05) is 11.6 Å². The Morgan fingerprint density at radius 3 is 2.88 bits per heavy atom. The Morgan fingerprint density at radius 1 is 1.38 bits per heavy atom. The topological polar surface area (TPSA) is 28.7 Å². The average molecular weight is 259 g/mol. The fraction of sp³-hybridized carbons (Fsp3) is 0.182. The number of aryl methyl sites for hydroxylation is 1. The SMILES string of the molecule is Fc1ccc(-c2cnc(CCCl)[nH]2)cc1Cl. The molecule has 1 aromatic carbocycles. The van der Waals surface area contributed by atoms with Gasteiger partial charge in [0.1, 0.15) is 11.6 Å². The molecule has 84 valence electrons. The zero-order chi connectivity index (χ0) is 11.5. The molecule has 2 rings (SSSR count). The Hall–Kier alpha value is -1.06. The number of alkyl halides is 1. The van der Waals surface area contributed by atoms with Crippen LogP contribution in [0.3, 0.4) is 0 Å². The van der Waals surface area contributed by atoms with E-state index in [0.29, 0.717) is 12.3 Å². The molecule has 0 saturated heterocycles. The quantitative estimate of drug-likeness (QED) is 0.837. The van der Waals surface area contributed by atoms with Crippen molar-refractivity contribution in [3.8, 4) is 11.3 Å². The number of imidazole rings is 1. The van der Waals surface area contributed by atoms with Crippen molar-refractivity contribution < 1.29 is 4.39 Å². The van der Waals surface area contributed by atoms with Crippen molar-refractivity contribution in [2.24, 2.45) is 0 Å². The minimum Gasteiger partial charge on any atom is -0.342 e. The van der Waals surface area contributed by atoms with E-state index >= 15 is 0 Å². The number of nitrogens with zero attached hydrogens (tertiary/aromatic N) is 1. The molecule has 0 atom stereocenters. The van der Waals surface area contributed by atoms with Crippen LogP contribution in [0.2, 0.25) is 5.02 Å². The molecule has 1 N–H and O–H groups in total. The third kappa shape index (κ3) is 2.36. The van der Waals surface area contributed by atoms with Crippen LogP contribution in [-0.4, -0.2) is 15.8 Å². The van der Waals surface area contributed by atoms with Gasteiger partial charge in [0.2, 0.25) is 0 Å². The summed E-state index contributed by atoms with van der Waals surface area (Å²) in [4.78, 5) is 7.26. The highest BCUT2D eigenvalue weighted by Crippen LogP contribution is 2.23. The highest BCUT2D eigenvalue weighted by molar-refractivity contribution is 6.31. The number of aromatic nitrogens is 2. The van der Waals surface area contributed by atoms with Crippen molar-refractivity contribution in [2.45, 2.75) is 6.42 Å². The lowest BCUT2D eigenvalue weighted by atomic mass is 10.2. The predicted molar refractivity (Wildman–Crippen MR) is 63.4 cm³/mol. The zero-order valence-corrected chi connectivity index (χ0v) is 9.82. The molecule has 5 heteroatoms. The summed E-state index contributed by atoms with van der Waals surface area (Å²) >= 11 is 11.3. The summed E-state index contributed by atoms with van der Waals surface area (Å²) in [6, 6.07) is 4.55. The van der Waals surface area contributed by atoms with E-state index in [2.05, 4.69) is 9.97 Å². The normalized spacial score (nSPS) is 10.7. The maximum Gasteiger partial charge on any atom is 0.141 e. The van der Waals surface area contributed by atoms with Gasteiger partial charge in [-0.3, -0.25) is 0 Å². The second-order valence-corrected chi connectivity index (χ2v) is 4.10. The van der Waals surface area contributed by atoms with Crippen molar-refractivity contribution in [1.29, 1.82) is 0 Å². The Bertz CT molecular complexity index is 496. The van der Waals surface area contributed by atoms with E-state index in [1.54, 1.807) is 18.3 Å². The first-order valence-corrected chi connectivity index (χ1v) is 5.67. The number of nitrogens with one attached hydrogen (secondary N) is 1. The lowest BCUT2D eigenvalue weighted by Gasteiger charge is -1.99. The molecule has 0 fully saturated rings. The van der Waals surface area contributed by atoms with E-state index in [4.69, 9.17) is 23.2 Å². The number of halogens is 3. The number of hydrogen-bond donors (Lipinski definition) is 1. The lowest BCUT2D eigenvalue weighted by Crippen LogP contribution is -1.88. The first-order chi connectivity index (χ1) is 7.70. The highest BCUT2D eigenvalue weighted by atomic mass is 35.5. The second kappa shape index (κ2) is 4.85. The van der Waals surface area contributed by atoms with Crippen LogP contribution in [0.4, 0.5) is 4.39 Å². The molecule has 0 spiro atoms. The number of hydrogen-bond acceptors (Lipinski definition) is 1. The van der Waals surface area contributed by atoms with Gasteiger partial charge in [-0.15, -0.1) is 11.6 Å². The Morgan fingerprint density at radius 2 is 2.19 bits per heavy atom. The van der Waals surface area contributed by atoms with Gasteiger partial charge >= 0.3 is 0 Å². The highest BCUT2D eigenvalue weighted by Gasteiger charge is 2.06. The molecular weight excluding hydrogens is 250 g/mol. The van der Waals surface area contributed by atoms with Crippen LogP contribution in [0.15, 0.2) is 24.4 Å². The van der Waals surface area contributed by atoms with Gasteiger partial charge in [-0.05, 0) is 18.2 Å². The van der Waals surface area contributed by atoms with Gasteiger partial charge in [0.05, 0.1) is 16.9 Å². The third-order valence-electron chi connectivity index (χ3n) is 2.19. The summed E-state index contributed by atoms with van der Waals surface area (Å²) in [5.74, 6) is 0.897. The maximum absolute atomic E-state index is 13.0. The predicted octanol–water partition coefficient (Wildman–Crippen LogP) is 3.65. The minimum atomic E-state index is -0.425. The van der Waals surface area contributed by atoms with Crippen molar-refractivity contribution in [3.63, 3.8) is 0 Å². The summed E-state index contributed by atoms with van der Waals surface area (Å²) in [6.45, 7) is 0. The third-order valence-corrected chi connectivity index (χ3v) is 2.67. The van der Waals surface area contributed by atoms with Crippen LogP contribution in [0.5, 0.6) is 0 Å². The summed E-state index contributed by atoms with van der Waals surface area (Å²) in [5, 5.41) is 0.103. The number of H-pyrrole nitrogens is 1. The van der Waals surface area contributed by atoms with Gasteiger partial charge in [-0.25, -0.2) is 9.37 Å². The van der Waals surface area contributed by atoms with E-state index in [0.717, 1.165) is 17.1 Å². The summed E-state index contributed by atoms with van der Waals surface area (Å²) in [7, 11) is 0. The molecule has 1 aromatic heterocycles. The van der Waals surface area contributed by atoms with Crippen LogP contribution >= 0.6 is 23.2 Å². The Balaban J connectivity index is 2.31. The lowest BCUT2D eigenvalue weighted by molar-refractivity contribution is 0.628. The van der Waals surface area contributed by atoms with Crippen LogP contribution in [0.1, 0.15) is 5.82 Å². The molecule has 0 aliphatic heterocycles. The van der Waals surface area contributed by atoms with Gasteiger partial charge < -0.3 is 4.98 Å². The van der Waals surface area contributed by atoms with Crippen LogP contribution < -0.4 is 0 Å². The van der Waals surface area contributed by atoms with Crippen LogP contribution in [-0.2, 0) is 6.42 Å². The van der Waals surface area contributed by atoms with Crippen molar-refractivity contribution >= 4 is 23.2 Å². The molecule has 16 heavy (non-hydrogen) atoms. The summed E-state index contributed by atoms with van der Waals surface area (Å²) in [5.41, 5.74) is 1.61.